The zero-order valence-electron chi connectivity index (χ0n) is 13.9. The van der Waals surface area contributed by atoms with Gasteiger partial charge in [-0.05, 0) is 31.6 Å². The lowest BCUT2D eigenvalue weighted by Gasteiger charge is -2.24. The molecular formula is C17H32N2O2. The van der Waals surface area contributed by atoms with Crippen molar-refractivity contribution in [3.8, 4) is 0 Å². The van der Waals surface area contributed by atoms with Gasteiger partial charge < -0.3 is 9.64 Å². The third-order valence-electron chi connectivity index (χ3n) is 4.61. The average Bonchev–Trinajstić information content (AvgIpc) is 3.02. The predicted octanol–water partition coefficient (Wildman–Crippen LogP) is 2.92. The average molecular weight is 296 g/mol. The second kappa shape index (κ2) is 8.14. The van der Waals surface area contributed by atoms with Crippen LogP contribution in [0.2, 0.25) is 0 Å². The summed E-state index contributed by atoms with van der Waals surface area (Å²) in [5.41, 5.74) is 0. The second-order valence-corrected chi connectivity index (χ2v) is 6.96. The zero-order valence-corrected chi connectivity index (χ0v) is 13.9. The molecular weight excluding hydrogens is 264 g/mol. The van der Waals surface area contributed by atoms with Crippen LogP contribution in [-0.4, -0.2) is 42.3 Å². The van der Waals surface area contributed by atoms with Crippen molar-refractivity contribution in [1.82, 2.24) is 10.2 Å². The summed E-state index contributed by atoms with van der Waals surface area (Å²) in [5, 5.41) is 3.52. The second-order valence-electron chi connectivity index (χ2n) is 6.96. The Balaban J connectivity index is 1.83. The van der Waals surface area contributed by atoms with Crippen LogP contribution in [0.4, 0.5) is 0 Å². The summed E-state index contributed by atoms with van der Waals surface area (Å²) >= 11 is 0. The number of carbonyl (C=O) groups excluding carboxylic acids is 1. The van der Waals surface area contributed by atoms with E-state index in [0.717, 1.165) is 25.8 Å². The number of hydrogen-bond acceptors (Lipinski definition) is 3. The van der Waals surface area contributed by atoms with Crippen molar-refractivity contribution in [1.29, 1.82) is 0 Å². The number of rotatable bonds is 8. The molecule has 4 nitrogen and oxygen atoms in total. The predicted molar refractivity (Wildman–Crippen MR) is 85.0 cm³/mol. The summed E-state index contributed by atoms with van der Waals surface area (Å²) in [5.74, 6) is 0.820. The minimum Gasteiger partial charge on any atom is -0.376 e. The number of carbonyl (C=O) groups is 1. The van der Waals surface area contributed by atoms with Crippen molar-refractivity contribution in [2.45, 2.75) is 84.0 Å². The molecule has 0 spiro atoms. The molecule has 1 saturated heterocycles. The van der Waals surface area contributed by atoms with Crippen LogP contribution < -0.4 is 5.32 Å². The van der Waals surface area contributed by atoms with Crippen LogP contribution in [0.15, 0.2) is 0 Å². The fourth-order valence-electron chi connectivity index (χ4n) is 3.54. The molecule has 2 fully saturated rings. The molecule has 2 aliphatic rings. The Bertz CT molecular complexity index is 327. The topological polar surface area (TPSA) is 41.6 Å². The monoisotopic (exact) mass is 296 g/mol. The highest BCUT2D eigenvalue weighted by molar-refractivity contribution is 5.84. The van der Waals surface area contributed by atoms with Gasteiger partial charge in [0.05, 0.1) is 24.9 Å². The summed E-state index contributed by atoms with van der Waals surface area (Å²) < 4.78 is 5.93. The minimum absolute atomic E-state index is 0.00744. The molecule has 0 aromatic rings. The van der Waals surface area contributed by atoms with Crippen molar-refractivity contribution in [2.24, 2.45) is 5.92 Å². The maximum Gasteiger partial charge on any atom is 0.241 e. The van der Waals surface area contributed by atoms with Gasteiger partial charge in [-0.3, -0.25) is 10.1 Å². The van der Waals surface area contributed by atoms with E-state index < -0.39 is 0 Å². The number of nitrogens with one attached hydrogen (secondary N) is 1. The fourth-order valence-corrected chi connectivity index (χ4v) is 3.54. The lowest BCUT2D eigenvalue weighted by atomic mass is 10.0. The third-order valence-corrected chi connectivity index (χ3v) is 4.61. The van der Waals surface area contributed by atoms with Crippen LogP contribution in [0.3, 0.4) is 0 Å². The van der Waals surface area contributed by atoms with Crippen molar-refractivity contribution in [2.75, 3.05) is 13.2 Å². The Morgan fingerprint density at radius 2 is 2.05 bits per heavy atom. The van der Waals surface area contributed by atoms with Crippen LogP contribution in [0.5, 0.6) is 0 Å². The van der Waals surface area contributed by atoms with E-state index in [-0.39, 0.29) is 18.1 Å². The maximum atomic E-state index is 12.6. The van der Waals surface area contributed by atoms with Gasteiger partial charge in [-0.2, -0.15) is 0 Å². The lowest BCUT2D eigenvalue weighted by Crippen LogP contribution is -2.39. The molecule has 2 rings (SSSR count). The quantitative estimate of drug-likeness (QED) is 0.749. The van der Waals surface area contributed by atoms with E-state index in [4.69, 9.17) is 4.74 Å². The first-order chi connectivity index (χ1) is 10.1. The van der Waals surface area contributed by atoms with E-state index in [1.54, 1.807) is 0 Å². The van der Waals surface area contributed by atoms with Gasteiger partial charge in [0.15, 0.2) is 0 Å². The summed E-state index contributed by atoms with van der Waals surface area (Å²) in [6.07, 6.45) is 8.68. The molecule has 2 unspecified atom stereocenters. The Morgan fingerprint density at radius 1 is 1.33 bits per heavy atom. The van der Waals surface area contributed by atoms with E-state index in [9.17, 15) is 4.79 Å². The Kier molecular flexibility index (Phi) is 6.49. The normalized spacial score (nSPS) is 27.2. The molecule has 1 N–H and O–H groups in total. The van der Waals surface area contributed by atoms with Gasteiger partial charge in [0.1, 0.15) is 0 Å². The van der Waals surface area contributed by atoms with Crippen molar-refractivity contribution in [3.63, 3.8) is 0 Å². The molecule has 0 aromatic carbocycles. The molecule has 1 heterocycles. The van der Waals surface area contributed by atoms with Crippen LogP contribution in [0.1, 0.15) is 65.7 Å². The van der Waals surface area contributed by atoms with Gasteiger partial charge in [-0.15, -0.1) is 0 Å². The van der Waals surface area contributed by atoms with Gasteiger partial charge in [0, 0.05) is 6.54 Å². The Labute approximate surface area is 129 Å². The molecule has 1 aliphatic heterocycles. The molecule has 2 atom stereocenters. The fraction of sp³-hybridized carbons (Fsp3) is 0.941. The number of hydrogen-bond donors (Lipinski definition) is 1. The minimum atomic E-state index is 0.00744. The summed E-state index contributed by atoms with van der Waals surface area (Å²) in [6.45, 7) is 7.95. The number of amides is 1. The number of ether oxygens (including phenoxy) is 1. The Morgan fingerprint density at radius 3 is 2.67 bits per heavy atom. The molecule has 4 heteroatoms. The summed E-state index contributed by atoms with van der Waals surface area (Å²) in [6, 6.07) is 0.00744. The first-order valence-electron chi connectivity index (χ1n) is 8.80. The van der Waals surface area contributed by atoms with Crippen LogP contribution in [0, 0.1) is 5.92 Å². The largest absolute Gasteiger partial charge is 0.376 e. The Hall–Kier alpha value is -0.610. The molecule has 1 saturated carbocycles. The standard InChI is InChI=1S/C17H32N2O2/c1-4-7-16-18-15(12-13(2)3)17(20)19(16)10-11-21-14-8-5-6-9-14/h13-16,18H,4-12H2,1-3H3. The highest BCUT2D eigenvalue weighted by atomic mass is 16.5. The van der Waals surface area contributed by atoms with Gasteiger partial charge in [0.25, 0.3) is 0 Å². The van der Waals surface area contributed by atoms with E-state index >= 15 is 0 Å². The smallest absolute Gasteiger partial charge is 0.241 e. The van der Waals surface area contributed by atoms with E-state index in [0.29, 0.717) is 18.6 Å². The molecule has 0 aromatic heterocycles. The van der Waals surface area contributed by atoms with Crippen LogP contribution in [-0.2, 0) is 9.53 Å². The highest BCUT2D eigenvalue weighted by Gasteiger charge is 2.38. The van der Waals surface area contributed by atoms with Crippen LogP contribution in [0.25, 0.3) is 0 Å². The summed E-state index contributed by atoms with van der Waals surface area (Å²) in [4.78, 5) is 14.6. The zero-order chi connectivity index (χ0) is 15.2. The lowest BCUT2D eigenvalue weighted by molar-refractivity contribution is -0.131. The van der Waals surface area contributed by atoms with Crippen molar-refractivity contribution < 1.29 is 9.53 Å². The number of nitrogens with zero attached hydrogens (tertiary/aromatic N) is 1. The van der Waals surface area contributed by atoms with E-state index in [1.165, 1.54) is 25.7 Å². The van der Waals surface area contributed by atoms with Crippen molar-refractivity contribution >= 4 is 5.91 Å². The molecule has 0 radical (unpaired) electrons. The van der Waals surface area contributed by atoms with E-state index in [1.807, 2.05) is 4.90 Å². The SMILES string of the molecule is CCCC1NC(CC(C)C)C(=O)N1CCOC1CCCC1. The molecule has 0 bridgehead atoms. The first-order valence-corrected chi connectivity index (χ1v) is 8.80. The highest BCUT2D eigenvalue weighted by Crippen LogP contribution is 2.22. The van der Waals surface area contributed by atoms with Gasteiger partial charge >= 0.3 is 0 Å². The van der Waals surface area contributed by atoms with Gasteiger partial charge in [0.2, 0.25) is 5.91 Å². The molecule has 21 heavy (non-hydrogen) atoms. The van der Waals surface area contributed by atoms with Crippen molar-refractivity contribution in [3.05, 3.63) is 0 Å². The third kappa shape index (κ3) is 4.68. The first kappa shape index (κ1) is 16.8. The molecule has 122 valence electrons. The molecule has 1 amide bonds. The van der Waals surface area contributed by atoms with Gasteiger partial charge in [-0.1, -0.05) is 40.0 Å². The van der Waals surface area contributed by atoms with E-state index in [2.05, 4.69) is 26.1 Å². The molecule has 1 aliphatic carbocycles. The van der Waals surface area contributed by atoms with Crippen LogP contribution >= 0.6 is 0 Å². The van der Waals surface area contributed by atoms with Gasteiger partial charge in [-0.25, -0.2) is 0 Å². The summed E-state index contributed by atoms with van der Waals surface area (Å²) in [7, 11) is 0. The maximum absolute atomic E-state index is 12.6.